The maximum Gasteiger partial charge on any atom is 0.241 e. The van der Waals surface area contributed by atoms with Gasteiger partial charge in [-0.15, -0.1) is 0 Å². The molecular formula is C22H28N4O2S. The van der Waals surface area contributed by atoms with Crippen LogP contribution in [0.25, 0.3) is 16.8 Å². The molecule has 0 radical (unpaired) electrons. The van der Waals surface area contributed by atoms with Crippen molar-refractivity contribution in [2.24, 2.45) is 0 Å². The molecule has 0 aliphatic heterocycles. The van der Waals surface area contributed by atoms with Gasteiger partial charge in [-0.2, -0.15) is 5.10 Å². The minimum atomic E-state index is -3.59. The van der Waals surface area contributed by atoms with Gasteiger partial charge in [0, 0.05) is 23.0 Å². The Kier molecular flexibility index (Phi) is 5.44. The van der Waals surface area contributed by atoms with Crippen LogP contribution in [-0.2, 0) is 10.0 Å². The van der Waals surface area contributed by atoms with Gasteiger partial charge in [-0.25, -0.2) is 22.6 Å². The van der Waals surface area contributed by atoms with Gasteiger partial charge >= 0.3 is 0 Å². The molecule has 0 bridgehead atoms. The van der Waals surface area contributed by atoms with Crippen LogP contribution in [0.2, 0.25) is 0 Å². The van der Waals surface area contributed by atoms with Crippen molar-refractivity contribution < 1.29 is 8.42 Å². The third kappa shape index (κ3) is 4.07. The second-order valence-electron chi connectivity index (χ2n) is 8.12. The van der Waals surface area contributed by atoms with Gasteiger partial charge in [0.05, 0.1) is 11.1 Å². The maximum atomic E-state index is 13.2. The van der Waals surface area contributed by atoms with E-state index in [2.05, 4.69) is 14.8 Å². The Labute approximate surface area is 172 Å². The van der Waals surface area contributed by atoms with Crippen LogP contribution in [-0.4, -0.2) is 29.1 Å². The Morgan fingerprint density at radius 2 is 1.76 bits per heavy atom. The SMILES string of the molecule is Cc1cc(C)n2ncc(-c3ccc(C)c(S(=O)(=O)NC4CCCCCC4)c3)c2n1. The third-order valence-corrected chi connectivity index (χ3v) is 7.41. The van der Waals surface area contributed by atoms with E-state index < -0.39 is 10.0 Å². The van der Waals surface area contributed by atoms with Crippen LogP contribution in [0, 0.1) is 20.8 Å². The Morgan fingerprint density at radius 3 is 2.48 bits per heavy atom. The lowest BCUT2D eigenvalue weighted by Crippen LogP contribution is -2.34. The first-order valence-electron chi connectivity index (χ1n) is 10.3. The number of benzene rings is 1. The summed E-state index contributed by atoms with van der Waals surface area (Å²) in [5.74, 6) is 0. The van der Waals surface area contributed by atoms with Gasteiger partial charge in [-0.3, -0.25) is 0 Å². The van der Waals surface area contributed by atoms with E-state index in [1.165, 1.54) is 12.8 Å². The summed E-state index contributed by atoms with van der Waals surface area (Å²) in [5, 5.41) is 4.44. The lowest BCUT2D eigenvalue weighted by molar-refractivity contribution is 0.509. The minimum Gasteiger partial charge on any atom is -0.233 e. The van der Waals surface area contributed by atoms with Crippen LogP contribution in [0.15, 0.2) is 35.4 Å². The number of fused-ring (bicyclic) bond motifs is 1. The molecule has 0 spiro atoms. The van der Waals surface area contributed by atoms with Gasteiger partial charge in [0.1, 0.15) is 0 Å². The summed E-state index contributed by atoms with van der Waals surface area (Å²) in [6.45, 7) is 5.78. The summed E-state index contributed by atoms with van der Waals surface area (Å²) < 4.78 is 31.1. The van der Waals surface area contributed by atoms with Crippen LogP contribution in [0.1, 0.15) is 55.5 Å². The number of hydrogen-bond acceptors (Lipinski definition) is 4. The predicted molar refractivity (Wildman–Crippen MR) is 114 cm³/mol. The number of rotatable bonds is 4. The topological polar surface area (TPSA) is 76.4 Å². The molecule has 3 aromatic rings. The van der Waals surface area contributed by atoms with Crippen molar-refractivity contribution in [3.05, 3.63) is 47.4 Å². The summed E-state index contributed by atoms with van der Waals surface area (Å²) in [5.41, 5.74) is 5.03. The van der Waals surface area contributed by atoms with Gasteiger partial charge in [-0.1, -0.05) is 37.8 Å². The average Bonchev–Trinajstić information content (AvgIpc) is 2.92. The number of aryl methyl sites for hydroxylation is 3. The predicted octanol–water partition coefficient (Wildman–Crippen LogP) is 4.32. The molecule has 0 unspecified atom stereocenters. The molecule has 1 N–H and O–H groups in total. The number of aromatic nitrogens is 3. The largest absolute Gasteiger partial charge is 0.241 e. The Balaban J connectivity index is 1.73. The number of hydrogen-bond donors (Lipinski definition) is 1. The van der Waals surface area contributed by atoms with E-state index in [1.807, 2.05) is 39.0 Å². The molecule has 1 aliphatic carbocycles. The molecule has 0 amide bonds. The van der Waals surface area contributed by atoms with Gasteiger partial charge in [0.25, 0.3) is 0 Å². The van der Waals surface area contributed by atoms with Crippen LogP contribution >= 0.6 is 0 Å². The molecule has 29 heavy (non-hydrogen) atoms. The Hall–Kier alpha value is -2.25. The molecular weight excluding hydrogens is 384 g/mol. The van der Waals surface area contributed by atoms with Gasteiger partial charge in [-0.05, 0) is 56.9 Å². The molecule has 1 aliphatic rings. The van der Waals surface area contributed by atoms with Crippen molar-refractivity contribution in [3.63, 3.8) is 0 Å². The summed E-state index contributed by atoms with van der Waals surface area (Å²) in [6, 6.07) is 7.56. The highest BCUT2D eigenvalue weighted by molar-refractivity contribution is 7.89. The van der Waals surface area contributed by atoms with Crippen LogP contribution in [0.3, 0.4) is 0 Å². The van der Waals surface area contributed by atoms with Crippen LogP contribution < -0.4 is 4.72 Å². The van der Waals surface area contributed by atoms with Crippen molar-refractivity contribution in [1.29, 1.82) is 0 Å². The molecule has 1 aromatic carbocycles. The smallest absolute Gasteiger partial charge is 0.233 e. The number of nitrogens with zero attached hydrogens (tertiary/aromatic N) is 3. The quantitative estimate of drug-likeness (QED) is 0.648. The molecule has 1 fully saturated rings. The first kappa shape index (κ1) is 20.0. The fourth-order valence-corrected chi connectivity index (χ4v) is 5.79. The molecule has 7 heteroatoms. The van der Waals surface area contributed by atoms with Crippen LogP contribution in [0.4, 0.5) is 0 Å². The molecule has 2 aromatic heterocycles. The van der Waals surface area contributed by atoms with E-state index in [1.54, 1.807) is 16.8 Å². The van der Waals surface area contributed by atoms with E-state index in [0.29, 0.717) is 4.90 Å². The molecule has 0 atom stereocenters. The van der Waals surface area contributed by atoms with Gasteiger partial charge in [0.15, 0.2) is 5.65 Å². The summed E-state index contributed by atoms with van der Waals surface area (Å²) in [6.07, 6.45) is 8.12. The van der Waals surface area contributed by atoms with Crippen molar-refractivity contribution in [3.8, 4) is 11.1 Å². The van der Waals surface area contributed by atoms with Crippen molar-refractivity contribution >= 4 is 15.7 Å². The summed E-state index contributed by atoms with van der Waals surface area (Å²) >= 11 is 0. The molecule has 6 nitrogen and oxygen atoms in total. The molecule has 0 saturated heterocycles. The fourth-order valence-electron chi connectivity index (χ4n) is 4.21. The second kappa shape index (κ2) is 7.88. The minimum absolute atomic E-state index is 0.0227. The second-order valence-corrected chi connectivity index (χ2v) is 9.81. The standard InChI is InChI=1S/C22H28N4O2S/c1-15-10-11-18(20-14-23-26-17(3)12-16(2)24-22(20)26)13-21(15)29(27,28)25-19-8-6-4-5-7-9-19/h10-14,19,25H,4-9H2,1-3H3. The lowest BCUT2D eigenvalue weighted by Gasteiger charge is -2.18. The average molecular weight is 413 g/mol. The molecule has 4 rings (SSSR count). The van der Waals surface area contributed by atoms with Crippen molar-refractivity contribution in [1.82, 2.24) is 19.3 Å². The zero-order chi connectivity index (χ0) is 20.6. The van der Waals surface area contributed by atoms with E-state index in [4.69, 9.17) is 0 Å². The van der Waals surface area contributed by atoms with Crippen molar-refractivity contribution in [2.75, 3.05) is 0 Å². The highest BCUT2D eigenvalue weighted by Crippen LogP contribution is 2.29. The first-order valence-corrected chi connectivity index (χ1v) is 11.8. The Morgan fingerprint density at radius 1 is 1.03 bits per heavy atom. The molecule has 1 saturated carbocycles. The van der Waals surface area contributed by atoms with Crippen LogP contribution in [0.5, 0.6) is 0 Å². The zero-order valence-electron chi connectivity index (χ0n) is 17.3. The van der Waals surface area contributed by atoms with E-state index >= 15 is 0 Å². The Bertz CT molecular complexity index is 1140. The first-order chi connectivity index (χ1) is 13.8. The maximum absolute atomic E-state index is 13.2. The third-order valence-electron chi connectivity index (χ3n) is 5.74. The number of sulfonamides is 1. The zero-order valence-corrected chi connectivity index (χ0v) is 18.1. The highest BCUT2D eigenvalue weighted by atomic mass is 32.2. The van der Waals surface area contributed by atoms with E-state index in [9.17, 15) is 8.42 Å². The van der Waals surface area contributed by atoms with Gasteiger partial charge < -0.3 is 0 Å². The summed E-state index contributed by atoms with van der Waals surface area (Å²) in [7, 11) is -3.59. The fraction of sp³-hybridized carbons (Fsp3) is 0.455. The monoisotopic (exact) mass is 412 g/mol. The van der Waals surface area contributed by atoms with E-state index in [0.717, 1.165) is 59.4 Å². The molecule has 2 heterocycles. The molecule has 154 valence electrons. The summed E-state index contributed by atoms with van der Waals surface area (Å²) in [4.78, 5) is 4.96. The van der Waals surface area contributed by atoms with Crippen molar-refractivity contribution in [2.45, 2.75) is 70.2 Å². The highest BCUT2D eigenvalue weighted by Gasteiger charge is 2.23. The normalized spacial score (nSPS) is 16.2. The van der Waals surface area contributed by atoms with E-state index in [-0.39, 0.29) is 6.04 Å². The number of nitrogens with one attached hydrogen (secondary N) is 1. The lowest BCUT2D eigenvalue weighted by atomic mass is 10.1. The van der Waals surface area contributed by atoms with Gasteiger partial charge in [0.2, 0.25) is 10.0 Å².